The number of imidazole rings is 2. The Morgan fingerprint density at radius 2 is 1.84 bits per heavy atom. The van der Waals surface area contributed by atoms with E-state index in [2.05, 4.69) is 58.7 Å². The molecule has 2 atom stereocenters. The predicted octanol–water partition coefficient (Wildman–Crippen LogP) is 5.20. The molecule has 9 heteroatoms. The third-order valence-corrected chi connectivity index (χ3v) is 7.18. The summed E-state index contributed by atoms with van der Waals surface area (Å²) in [5.41, 5.74) is 3.06. The minimum absolute atomic E-state index is 0.175. The molecule has 1 amide bonds. The number of hydrogen-bond donors (Lipinski definition) is 2. The predicted molar refractivity (Wildman–Crippen MR) is 146 cm³/mol. The maximum absolute atomic E-state index is 12.7. The van der Waals surface area contributed by atoms with E-state index in [0.717, 1.165) is 48.5 Å². The first-order chi connectivity index (χ1) is 17.7. The molecule has 2 aliphatic rings. The highest BCUT2D eigenvalue weighted by molar-refractivity contribution is 7.78. The SMILES string of the molecule is CN1CCCC1c1ncc(-c2ccc(C#Cc3cn(S)c(C4CCCN4C(=O)OC(C)(C)C)n3)cc2)[nH]1. The molecular formula is C28H34N6O2S. The first kappa shape index (κ1) is 25.4. The van der Waals surface area contributed by atoms with Crippen LogP contribution in [0.5, 0.6) is 0 Å². The van der Waals surface area contributed by atoms with Crippen molar-refractivity contribution in [2.24, 2.45) is 0 Å². The summed E-state index contributed by atoms with van der Waals surface area (Å²) in [7, 11) is 2.15. The molecule has 3 aromatic rings. The van der Waals surface area contributed by atoms with Gasteiger partial charge in [-0.15, -0.1) is 0 Å². The van der Waals surface area contributed by atoms with Crippen molar-refractivity contribution >= 4 is 18.9 Å². The zero-order chi connectivity index (χ0) is 26.2. The minimum atomic E-state index is -0.543. The number of carbonyl (C=O) groups excluding carboxylic acids is 1. The number of aromatic amines is 1. The molecule has 2 aliphatic heterocycles. The standard InChI is InChI=1S/C28H34N6O2S/c1-28(2,3)36-27(35)33-16-6-8-24(33)26-30-21(18-34(26)37)14-11-19-9-12-20(13-10-19)22-17-29-25(31-22)23-7-5-15-32(23)4/h9-10,12-13,17-18,23-24,37H,5-8,15-16H2,1-4H3,(H,29,31). The summed E-state index contributed by atoms with van der Waals surface area (Å²) in [6.07, 6.45) is 7.44. The molecule has 2 fully saturated rings. The van der Waals surface area contributed by atoms with Crippen molar-refractivity contribution in [3.05, 3.63) is 59.6 Å². The maximum Gasteiger partial charge on any atom is 0.410 e. The Hall–Kier alpha value is -3.22. The number of carbonyl (C=O) groups is 1. The number of thiol groups is 1. The van der Waals surface area contributed by atoms with E-state index < -0.39 is 5.60 Å². The number of amides is 1. The molecule has 37 heavy (non-hydrogen) atoms. The second-order valence-corrected chi connectivity index (χ2v) is 11.2. The van der Waals surface area contributed by atoms with Crippen molar-refractivity contribution in [3.63, 3.8) is 0 Å². The minimum Gasteiger partial charge on any atom is -0.444 e. The highest BCUT2D eigenvalue weighted by Gasteiger charge is 2.35. The fourth-order valence-electron chi connectivity index (χ4n) is 5.02. The van der Waals surface area contributed by atoms with Gasteiger partial charge in [0.25, 0.3) is 0 Å². The monoisotopic (exact) mass is 518 g/mol. The number of likely N-dealkylation sites (tertiary alicyclic amines) is 2. The number of nitrogens with one attached hydrogen (secondary N) is 1. The van der Waals surface area contributed by atoms with Crippen molar-refractivity contribution in [1.29, 1.82) is 0 Å². The van der Waals surface area contributed by atoms with Crippen LogP contribution in [-0.2, 0) is 4.74 Å². The smallest absolute Gasteiger partial charge is 0.410 e. The van der Waals surface area contributed by atoms with Gasteiger partial charge in [0.15, 0.2) is 0 Å². The van der Waals surface area contributed by atoms with Gasteiger partial charge >= 0.3 is 6.09 Å². The van der Waals surface area contributed by atoms with Gasteiger partial charge in [0, 0.05) is 12.1 Å². The van der Waals surface area contributed by atoms with Crippen LogP contribution in [0.2, 0.25) is 0 Å². The summed E-state index contributed by atoms with van der Waals surface area (Å²) < 4.78 is 7.25. The molecule has 1 N–H and O–H groups in total. The molecule has 8 nitrogen and oxygen atoms in total. The summed E-state index contributed by atoms with van der Waals surface area (Å²) in [5, 5.41) is 0. The van der Waals surface area contributed by atoms with Crippen LogP contribution in [0.25, 0.3) is 11.3 Å². The Balaban J connectivity index is 1.27. The number of nitrogens with zero attached hydrogens (tertiary/aromatic N) is 5. The molecule has 2 saturated heterocycles. The van der Waals surface area contributed by atoms with Crippen LogP contribution in [0.15, 0.2) is 36.7 Å². The number of aromatic nitrogens is 4. The van der Waals surface area contributed by atoms with E-state index >= 15 is 0 Å². The summed E-state index contributed by atoms with van der Waals surface area (Å²) >= 11 is 4.56. The third-order valence-electron chi connectivity index (χ3n) is 6.86. The lowest BCUT2D eigenvalue weighted by molar-refractivity contribution is 0.0218. The van der Waals surface area contributed by atoms with Gasteiger partial charge in [-0.05, 0) is 83.7 Å². The number of rotatable bonds is 3. The van der Waals surface area contributed by atoms with E-state index in [1.807, 2.05) is 39.1 Å². The Labute approximate surface area is 224 Å². The van der Waals surface area contributed by atoms with Crippen molar-refractivity contribution in [3.8, 4) is 23.1 Å². The molecule has 0 spiro atoms. The molecule has 0 radical (unpaired) electrons. The number of H-pyrrole nitrogens is 1. The van der Waals surface area contributed by atoms with Gasteiger partial charge in [-0.3, -0.25) is 13.8 Å². The molecule has 5 rings (SSSR count). The summed E-state index contributed by atoms with van der Waals surface area (Å²) in [4.78, 5) is 29.6. The van der Waals surface area contributed by atoms with Crippen LogP contribution in [0.1, 0.15) is 81.4 Å². The molecule has 2 aromatic heterocycles. The lowest BCUT2D eigenvalue weighted by Gasteiger charge is -2.28. The van der Waals surface area contributed by atoms with Gasteiger partial charge in [0.1, 0.15) is 22.9 Å². The largest absolute Gasteiger partial charge is 0.444 e. The van der Waals surface area contributed by atoms with Gasteiger partial charge in [0.05, 0.1) is 30.2 Å². The highest BCUT2D eigenvalue weighted by atomic mass is 32.1. The second kappa shape index (κ2) is 10.3. The first-order valence-corrected chi connectivity index (χ1v) is 13.2. The van der Waals surface area contributed by atoms with Crippen LogP contribution >= 0.6 is 12.8 Å². The Kier molecular flexibility index (Phi) is 7.06. The topological polar surface area (TPSA) is 79.3 Å². The van der Waals surface area contributed by atoms with Gasteiger partial charge in [-0.25, -0.2) is 14.8 Å². The van der Waals surface area contributed by atoms with E-state index in [-0.39, 0.29) is 12.1 Å². The average Bonchev–Trinajstić information content (AvgIpc) is 3.63. The lowest BCUT2D eigenvalue weighted by atomic mass is 10.1. The zero-order valence-electron chi connectivity index (χ0n) is 21.9. The highest BCUT2D eigenvalue weighted by Crippen LogP contribution is 2.33. The van der Waals surface area contributed by atoms with Crippen molar-refractivity contribution < 1.29 is 9.53 Å². The zero-order valence-corrected chi connectivity index (χ0v) is 22.8. The van der Waals surface area contributed by atoms with E-state index in [4.69, 9.17) is 9.72 Å². The lowest BCUT2D eigenvalue weighted by Crippen LogP contribution is -2.37. The van der Waals surface area contributed by atoms with Crippen molar-refractivity contribution in [2.75, 3.05) is 20.1 Å². The number of hydrogen-bond acceptors (Lipinski definition) is 6. The van der Waals surface area contributed by atoms with Crippen LogP contribution in [-0.4, -0.2) is 60.6 Å². The summed E-state index contributed by atoms with van der Waals surface area (Å²) in [6, 6.07) is 8.31. The Morgan fingerprint density at radius 1 is 1.11 bits per heavy atom. The third kappa shape index (κ3) is 5.71. The molecule has 4 heterocycles. The Morgan fingerprint density at radius 3 is 2.54 bits per heavy atom. The van der Waals surface area contributed by atoms with Crippen LogP contribution in [0.4, 0.5) is 4.79 Å². The Bertz CT molecular complexity index is 1330. The van der Waals surface area contributed by atoms with Gasteiger partial charge in [0.2, 0.25) is 0 Å². The normalized spacial score (nSPS) is 20.2. The van der Waals surface area contributed by atoms with Gasteiger partial charge in [-0.2, -0.15) is 0 Å². The van der Waals surface area contributed by atoms with E-state index in [0.29, 0.717) is 24.1 Å². The fraction of sp³-hybridized carbons (Fsp3) is 0.464. The van der Waals surface area contributed by atoms with E-state index in [1.54, 1.807) is 15.1 Å². The quantitative estimate of drug-likeness (QED) is 0.368. The fourth-order valence-corrected chi connectivity index (χ4v) is 5.31. The van der Waals surface area contributed by atoms with E-state index in [1.165, 1.54) is 6.42 Å². The summed E-state index contributed by atoms with van der Waals surface area (Å²) in [5.74, 6) is 8.07. The summed E-state index contributed by atoms with van der Waals surface area (Å²) in [6.45, 7) is 7.37. The van der Waals surface area contributed by atoms with Crippen LogP contribution < -0.4 is 0 Å². The molecular weight excluding hydrogens is 484 g/mol. The van der Waals surface area contributed by atoms with Crippen LogP contribution in [0.3, 0.4) is 0 Å². The maximum atomic E-state index is 12.7. The number of benzene rings is 1. The molecule has 2 unspecified atom stereocenters. The first-order valence-electron chi connectivity index (χ1n) is 12.8. The second-order valence-electron chi connectivity index (χ2n) is 10.8. The van der Waals surface area contributed by atoms with Crippen LogP contribution in [0, 0.1) is 11.8 Å². The molecule has 0 aliphatic carbocycles. The molecule has 0 saturated carbocycles. The van der Waals surface area contributed by atoms with Crippen molar-refractivity contribution in [2.45, 2.75) is 64.1 Å². The average molecular weight is 519 g/mol. The molecule has 1 aromatic carbocycles. The van der Waals surface area contributed by atoms with Crippen molar-refractivity contribution in [1.82, 2.24) is 28.7 Å². The number of ether oxygens (including phenoxy) is 1. The van der Waals surface area contributed by atoms with Gasteiger partial charge in [-0.1, -0.05) is 30.9 Å². The molecule has 0 bridgehead atoms. The van der Waals surface area contributed by atoms with E-state index in [9.17, 15) is 4.79 Å². The molecule has 194 valence electrons. The van der Waals surface area contributed by atoms with Gasteiger partial charge < -0.3 is 9.72 Å².